The van der Waals surface area contributed by atoms with Gasteiger partial charge in [0.1, 0.15) is 5.54 Å². The van der Waals surface area contributed by atoms with Gasteiger partial charge in [-0.2, -0.15) is 0 Å². The molecule has 0 aromatic carbocycles. The van der Waals surface area contributed by atoms with Crippen LogP contribution in [0.1, 0.15) is 58.8 Å². The third kappa shape index (κ3) is 2.97. The van der Waals surface area contributed by atoms with Crippen molar-refractivity contribution in [1.82, 2.24) is 10.2 Å². The average Bonchev–Trinajstić information content (AvgIpc) is 2.64. The Hall–Kier alpha value is -1.10. The first-order chi connectivity index (χ1) is 9.40. The average molecular weight is 281 g/mol. The van der Waals surface area contributed by atoms with Crippen LogP contribution in [0.5, 0.6) is 0 Å². The molecular weight excluding hydrogens is 254 g/mol. The molecule has 5 nitrogen and oxygen atoms in total. The van der Waals surface area contributed by atoms with Crippen molar-refractivity contribution in [3.05, 3.63) is 0 Å². The molecule has 2 rings (SSSR count). The molecule has 0 bridgehead atoms. The van der Waals surface area contributed by atoms with Crippen molar-refractivity contribution in [2.75, 3.05) is 13.1 Å². The summed E-state index contributed by atoms with van der Waals surface area (Å²) in [4.78, 5) is 26.0. The predicted molar refractivity (Wildman–Crippen MR) is 78.1 cm³/mol. The molecule has 0 unspecified atom stereocenters. The van der Waals surface area contributed by atoms with E-state index in [9.17, 15) is 9.59 Å². The fourth-order valence-electron chi connectivity index (χ4n) is 3.19. The molecule has 1 heterocycles. The van der Waals surface area contributed by atoms with Gasteiger partial charge in [0.25, 0.3) is 5.91 Å². The van der Waals surface area contributed by atoms with Gasteiger partial charge >= 0.3 is 6.03 Å². The van der Waals surface area contributed by atoms with Crippen LogP contribution in [0.4, 0.5) is 4.79 Å². The van der Waals surface area contributed by atoms with Gasteiger partial charge in [0.2, 0.25) is 0 Å². The second kappa shape index (κ2) is 5.72. The second-order valence-electron chi connectivity index (χ2n) is 7.00. The zero-order valence-electron chi connectivity index (χ0n) is 12.7. The lowest BCUT2D eigenvalue weighted by molar-refractivity contribution is -0.132. The van der Waals surface area contributed by atoms with Crippen LogP contribution in [0.3, 0.4) is 0 Å². The lowest BCUT2D eigenvalue weighted by atomic mass is 9.81. The van der Waals surface area contributed by atoms with Crippen LogP contribution in [0.15, 0.2) is 0 Å². The standard InChI is InChI=1S/C15H27N3O2/c1-14(2,11-16)7-6-10-18-12(19)15(17-13(18)20)8-4-3-5-9-15/h3-11,16H2,1-2H3,(H,17,20). The molecule has 0 aromatic rings. The number of carbonyl (C=O) groups is 2. The van der Waals surface area contributed by atoms with Crippen molar-refractivity contribution in [2.45, 2.75) is 64.3 Å². The first kappa shape index (κ1) is 15.3. The third-order valence-corrected chi connectivity index (χ3v) is 4.74. The van der Waals surface area contributed by atoms with Crippen molar-refractivity contribution in [2.24, 2.45) is 11.1 Å². The maximum absolute atomic E-state index is 12.5. The van der Waals surface area contributed by atoms with E-state index in [4.69, 9.17) is 5.73 Å². The minimum atomic E-state index is -0.585. The number of imide groups is 1. The quantitative estimate of drug-likeness (QED) is 0.757. The highest BCUT2D eigenvalue weighted by atomic mass is 16.2. The number of hydrogen-bond donors (Lipinski definition) is 2. The number of hydrogen-bond acceptors (Lipinski definition) is 3. The molecule has 0 radical (unpaired) electrons. The van der Waals surface area contributed by atoms with Crippen molar-refractivity contribution in [1.29, 1.82) is 0 Å². The number of nitrogens with one attached hydrogen (secondary N) is 1. The number of nitrogens with two attached hydrogens (primary N) is 1. The lowest BCUT2D eigenvalue weighted by Gasteiger charge is -2.30. The SMILES string of the molecule is CC(C)(CN)CCCN1C(=O)NC2(CCCCC2)C1=O. The highest BCUT2D eigenvalue weighted by Crippen LogP contribution is 2.34. The summed E-state index contributed by atoms with van der Waals surface area (Å²) in [5.74, 6) is -0.00671. The number of nitrogens with zero attached hydrogens (tertiary/aromatic N) is 1. The number of urea groups is 1. The fourth-order valence-corrected chi connectivity index (χ4v) is 3.19. The van der Waals surface area contributed by atoms with Crippen LogP contribution in [0.2, 0.25) is 0 Å². The van der Waals surface area contributed by atoms with E-state index in [2.05, 4.69) is 19.2 Å². The molecule has 1 aliphatic carbocycles. The Morgan fingerprint density at radius 1 is 1.25 bits per heavy atom. The van der Waals surface area contributed by atoms with Gasteiger partial charge in [0, 0.05) is 6.54 Å². The summed E-state index contributed by atoms with van der Waals surface area (Å²) >= 11 is 0. The third-order valence-electron chi connectivity index (χ3n) is 4.74. The van der Waals surface area contributed by atoms with Crippen LogP contribution in [-0.2, 0) is 4.79 Å². The number of amides is 3. The summed E-state index contributed by atoms with van der Waals surface area (Å²) in [6, 6.07) is -0.206. The summed E-state index contributed by atoms with van der Waals surface area (Å²) in [7, 11) is 0. The van der Waals surface area contributed by atoms with E-state index in [-0.39, 0.29) is 17.4 Å². The van der Waals surface area contributed by atoms with E-state index >= 15 is 0 Å². The van der Waals surface area contributed by atoms with Gasteiger partial charge in [-0.05, 0) is 37.6 Å². The van der Waals surface area contributed by atoms with Crippen molar-refractivity contribution >= 4 is 11.9 Å². The summed E-state index contributed by atoms with van der Waals surface area (Å²) in [5.41, 5.74) is 5.19. The largest absolute Gasteiger partial charge is 0.330 e. The Kier molecular flexibility index (Phi) is 4.37. The van der Waals surface area contributed by atoms with Crippen LogP contribution >= 0.6 is 0 Å². The lowest BCUT2D eigenvalue weighted by Crippen LogP contribution is -2.48. The molecule has 1 saturated carbocycles. The molecule has 20 heavy (non-hydrogen) atoms. The zero-order chi connectivity index (χ0) is 14.8. The molecule has 1 aliphatic heterocycles. The molecule has 114 valence electrons. The predicted octanol–water partition coefficient (Wildman–Crippen LogP) is 2.01. The van der Waals surface area contributed by atoms with Crippen LogP contribution in [-0.4, -0.2) is 35.5 Å². The fraction of sp³-hybridized carbons (Fsp3) is 0.867. The molecule has 0 aromatic heterocycles. The van der Waals surface area contributed by atoms with E-state index in [0.29, 0.717) is 13.1 Å². The van der Waals surface area contributed by atoms with Gasteiger partial charge in [-0.1, -0.05) is 33.1 Å². The molecule has 3 amide bonds. The number of carbonyl (C=O) groups excluding carboxylic acids is 2. The molecule has 1 saturated heterocycles. The highest BCUT2D eigenvalue weighted by molar-refractivity contribution is 6.07. The molecule has 3 N–H and O–H groups in total. The Labute approximate surface area is 121 Å². The normalized spacial score (nSPS) is 22.4. The Balaban J connectivity index is 1.92. The van der Waals surface area contributed by atoms with Gasteiger partial charge in [0.05, 0.1) is 0 Å². The van der Waals surface area contributed by atoms with Gasteiger partial charge in [0.15, 0.2) is 0 Å². The smallest absolute Gasteiger partial charge is 0.325 e. The topological polar surface area (TPSA) is 75.4 Å². The van der Waals surface area contributed by atoms with Gasteiger partial charge in [-0.3, -0.25) is 9.69 Å². The zero-order valence-corrected chi connectivity index (χ0v) is 12.7. The van der Waals surface area contributed by atoms with E-state index in [1.54, 1.807) is 0 Å². The van der Waals surface area contributed by atoms with E-state index in [1.165, 1.54) is 4.90 Å². The van der Waals surface area contributed by atoms with Crippen LogP contribution < -0.4 is 11.1 Å². The van der Waals surface area contributed by atoms with Crippen molar-refractivity contribution in [3.8, 4) is 0 Å². The first-order valence-electron chi connectivity index (χ1n) is 7.74. The van der Waals surface area contributed by atoms with Gasteiger partial charge in [-0.15, -0.1) is 0 Å². The summed E-state index contributed by atoms with van der Waals surface area (Å²) in [6.45, 7) is 5.36. The van der Waals surface area contributed by atoms with Gasteiger partial charge in [-0.25, -0.2) is 4.79 Å². The first-order valence-corrected chi connectivity index (χ1v) is 7.74. The van der Waals surface area contributed by atoms with E-state index in [1.807, 2.05) is 0 Å². The molecule has 2 fully saturated rings. The number of rotatable bonds is 5. The summed E-state index contributed by atoms with van der Waals surface area (Å²) in [6.07, 6.45) is 6.55. The van der Waals surface area contributed by atoms with Crippen molar-refractivity contribution < 1.29 is 9.59 Å². The molecule has 5 heteroatoms. The molecule has 1 spiro atoms. The molecule has 0 atom stereocenters. The minimum absolute atomic E-state index is 0.00671. The summed E-state index contributed by atoms with van der Waals surface area (Å²) < 4.78 is 0. The monoisotopic (exact) mass is 281 g/mol. The Morgan fingerprint density at radius 3 is 2.50 bits per heavy atom. The van der Waals surface area contributed by atoms with E-state index < -0.39 is 5.54 Å². The molecular formula is C15H27N3O2. The van der Waals surface area contributed by atoms with Gasteiger partial charge < -0.3 is 11.1 Å². The van der Waals surface area contributed by atoms with Crippen LogP contribution in [0, 0.1) is 5.41 Å². The molecule has 2 aliphatic rings. The maximum atomic E-state index is 12.5. The minimum Gasteiger partial charge on any atom is -0.330 e. The Morgan fingerprint density at radius 2 is 1.90 bits per heavy atom. The summed E-state index contributed by atoms with van der Waals surface area (Å²) in [5, 5.41) is 2.94. The maximum Gasteiger partial charge on any atom is 0.325 e. The van der Waals surface area contributed by atoms with E-state index in [0.717, 1.165) is 44.9 Å². The second-order valence-corrected chi connectivity index (χ2v) is 7.00. The highest BCUT2D eigenvalue weighted by Gasteiger charge is 2.50. The van der Waals surface area contributed by atoms with Crippen LogP contribution in [0.25, 0.3) is 0 Å². The van der Waals surface area contributed by atoms with Crippen molar-refractivity contribution in [3.63, 3.8) is 0 Å². The Bertz CT molecular complexity index is 387.